The van der Waals surface area contributed by atoms with Crippen LogP contribution in [0.15, 0.2) is 24.3 Å². The van der Waals surface area contributed by atoms with Crippen molar-refractivity contribution in [2.24, 2.45) is 5.73 Å². The fourth-order valence-corrected chi connectivity index (χ4v) is 2.50. The topological polar surface area (TPSA) is 29.3 Å². The first-order valence-corrected chi connectivity index (χ1v) is 7.16. The van der Waals surface area contributed by atoms with Gasteiger partial charge >= 0.3 is 0 Å². The lowest BCUT2D eigenvalue weighted by atomic mass is 9.99. The maximum absolute atomic E-state index is 6.50. The van der Waals surface area contributed by atoms with Crippen molar-refractivity contribution in [3.63, 3.8) is 0 Å². The molecule has 1 unspecified atom stereocenters. The van der Waals surface area contributed by atoms with Crippen molar-refractivity contribution in [1.29, 1.82) is 0 Å². The summed E-state index contributed by atoms with van der Waals surface area (Å²) in [5.41, 5.74) is 7.29. The van der Waals surface area contributed by atoms with Crippen molar-refractivity contribution in [2.75, 3.05) is 13.1 Å². The molecule has 0 aliphatic heterocycles. The Bertz CT molecular complexity index is 357. The van der Waals surface area contributed by atoms with Crippen LogP contribution in [0.3, 0.4) is 0 Å². The van der Waals surface area contributed by atoms with Crippen molar-refractivity contribution >= 4 is 11.6 Å². The fourth-order valence-electron chi connectivity index (χ4n) is 2.30. The molecule has 1 aromatic rings. The minimum atomic E-state index is -0.336. The molecule has 0 spiro atoms. The highest BCUT2D eigenvalue weighted by atomic mass is 35.5. The van der Waals surface area contributed by atoms with Crippen molar-refractivity contribution in [1.82, 2.24) is 4.90 Å². The van der Waals surface area contributed by atoms with Crippen LogP contribution in [-0.2, 0) is 6.42 Å². The molecule has 0 saturated heterocycles. The van der Waals surface area contributed by atoms with E-state index in [0.29, 0.717) is 0 Å². The molecule has 1 atom stereocenters. The highest BCUT2D eigenvalue weighted by Crippen LogP contribution is 2.22. The van der Waals surface area contributed by atoms with E-state index in [9.17, 15) is 0 Å². The van der Waals surface area contributed by atoms with E-state index < -0.39 is 0 Å². The van der Waals surface area contributed by atoms with Gasteiger partial charge in [0.1, 0.15) is 0 Å². The Morgan fingerprint density at radius 3 is 2.22 bits per heavy atom. The zero-order valence-electron chi connectivity index (χ0n) is 11.7. The van der Waals surface area contributed by atoms with Crippen LogP contribution in [0.25, 0.3) is 0 Å². The van der Waals surface area contributed by atoms with Gasteiger partial charge in [0.2, 0.25) is 0 Å². The maximum Gasteiger partial charge on any atom is 0.0700 e. The number of rotatable bonds is 7. The molecular weight excluding hydrogens is 244 g/mol. The summed E-state index contributed by atoms with van der Waals surface area (Å²) < 4.78 is 0. The van der Waals surface area contributed by atoms with Gasteiger partial charge in [-0.05, 0) is 44.5 Å². The molecule has 2 nitrogen and oxygen atoms in total. The van der Waals surface area contributed by atoms with E-state index in [2.05, 4.69) is 31.7 Å². The van der Waals surface area contributed by atoms with Gasteiger partial charge in [-0.15, -0.1) is 0 Å². The predicted molar refractivity (Wildman–Crippen MR) is 79.9 cm³/mol. The zero-order valence-corrected chi connectivity index (χ0v) is 12.5. The lowest BCUT2D eigenvalue weighted by molar-refractivity contribution is 0.108. The quantitative estimate of drug-likeness (QED) is 0.765. The van der Waals surface area contributed by atoms with Gasteiger partial charge in [-0.2, -0.15) is 0 Å². The van der Waals surface area contributed by atoms with E-state index in [1.54, 1.807) is 0 Å². The highest BCUT2D eigenvalue weighted by Gasteiger charge is 2.27. The molecule has 18 heavy (non-hydrogen) atoms. The summed E-state index contributed by atoms with van der Waals surface area (Å²) in [5.74, 6) is 0. The third-order valence-corrected chi connectivity index (χ3v) is 3.58. The van der Waals surface area contributed by atoms with Crippen LogP contribution in [0.4, 0.5) is 0 Å². The number of halogens is 1. The first kappa shape index (κ1) is 15.5. The van der Waals surface area contributed by atoms with Crippen LogP contribution in [0.2, 0.25) is 5.02 Å². The Morgan fingerprint density at radius 1 is 1.17 bits per heavy atom. The van der Waals surface area contributed by atoms with Crippen LogP contribution in [0.1, 0.15) is 39.2 Å². The van der Waals surface area contributed by atoms with Crippen molar-refractivity contribution < 1.29 is 0 Å². The summed E-state index contributed by atoms with van der Waals surface area (Å²) in [7, 11) is 0. The molecule has 0 aliphatic rings. The van der Waals surface area contributed by atoms with E-state index in [0.717, 1.165) is 42.9 Å². The van der Waals surface area contributed by atoms with Gasteiger partial charge in [0.25, 0.3) is 0 Å². The first-order chi connectivity index (χ1) is 8.51. The second-order valence-corrected chi connectivity index (χ2v) is 5.52. The number of hydrogen-bond donors (Lipinski definition) is 1. The van der Waals surface area contributed by atoms with Crippen LogP contribution in [0, 0.1) is 0 Å². The minimum absolute atomic E-state index is 0.336. The van der Waals surface area contributed by atoms with Crippen LogP contribution in [-0.4, -0.2) is 23.7 Å². The van der Waals surface area contributed by atoms with E-state index in [1.165, 1.54) is 0 Å². The smallest absolute Gasteiger partial charge is 0.0700 e. The largest absolute Gasteiger partial charge is 0.313 e. The molecule has 0 heterocycles. The van der Waals surface area contributed by atoms with Gasteiger partial charge in [0, 0.05) is 11.4 Å². The summed E-state index contributed by atoms with van der Waals surface area (Å²) in [6.07, 6.45) is 3.03. The molecule has 1 rings (SSSR count). The van der Waals surface area contributed by atoms with Gasteiger partial charge < -0.3 is 5.73 Å². The van der Waals surface area contributed by atoms with Crippen LogP contribution >= 0.6 is 11.6 Å². The Kier molecular flexibility index (Phi) is 6.13. The second kappa shape index (κ2) is 7.13. The predicted octanol–water partition coefficient (Wildman–Crippen LogP) is 3.68. The highest BCUT2D eigenvalue weighted by molar-refractivity contribution is 6.31. The zero-order chi connectivity index (χ0) is 13.6. The third kappa shape index (κ3) is 4.27. The normalized spacial score (nSPS) is 14.8. The van der Waals surface area contributed by atoms with E-state index >= 15 is 0 Å². The molecule has 2 N–H and O–H groups in total. The Morgan fingerprint density at radius 2 is 1.72 bits per heavy atom. The van der Waals surface area contributed by atoms with Gasteiger partial charge in [-0.1, -0.05) is 43.6 Å². The Hall–Kier alpha value is -0.570. The third-order valence-electron chi connectivity index (χ3n) is 3.22. The number of nitrogens with zero attached hydrogens (tertiary/aromatic N) is 1. The summed E-state index contributed by atoms with van der Waals surface area (Å²) in [5, 5.41) is 0.808. The second-order valence-electron chi connectivity index (χ2n) is 5.11. The van der Waals surface area contributed by atoms with Crippen LogP contribution < -0.4 is 5.73 Å². The molecule has 3 heteroatoms. The number of nitrogens with two attached hydrogens (primary N) is 1. The Balaban J connectivity index is 2.81. The SMILES string of the molecule is CCCN(CCC)C(C)(N)Cc1ccccc1Cl. The molecule has 0 aromatic heterocycles. The summed E-state index contributed by atoms with van der Waals surface area (Å²) in [6.45, 7) is 8.54. The fraction of sp³-hybridized carbons (Fsp3) is 0.600. The standard InChI is InChI=1S/C15H25ClN2/c1-4-10-18(11-5-2)15(3,17)12-13-8-6-7-9-14(13)16/h6-9H,4-5,10-12,17H2,1-3H3. The Labute approximate surface area is 116 Å². The molecule has 102 valence electrons. The molecular formula is C15H25ClN2. The molecule has 0 radical (unpaired) electrons. The van der Waals surface area contributed by atoms with Crippen molar-refractivity contribution in [3.05, 3.63) is 34.9 Å². The summed E-state index contributed by atoms with van der Waals surface area (Å²) >= 11 is 6.22. The van der Waals surface area contributed by atoms with E-state index in [-0.39, 0.29) is 5.66 Å². The lowest BCUT2D eigenvalue weighted by Crippen LogP contribution is -2.55. The van der Waals surface area contributed by atoms with Gasteiger partial charge in [-0.3, -0.25) is 4.90 Å². The van der Waals surface area contributed by atoms with Gasteiger partial charge in [0.15, 0.2) is 0 Å². The van der Waals surface area contributed by atoms with Gasteiger partial charge in [-0.25, -0.2) is 0 Å². The monoisotopic (exact) mass is 268 g/mol. The number of benzene rings is 1. The lowest BCUT2D eigenvalue weighted by Gasteiger charge is -2.38. The maximum atomic E-state index is 6.50. The van der Waals surface area contributed by atoms with Crippen molar-refractivity contribution in [2.45, 2.75) is 45.7 Å². The molecule has 0 saturated carbocycles. The minimum Gasteiger partial charge on any atom is -0.313 e. The molecule has 0 aliphatic carbocycles. The van der Waals surface area contributed by atoms with E-state index in [4.69, 9.17) is 17.3 Å². The summed E-state index contributed by atoms with van der Waals surface area (Å²) in [4.78, 5) is 2.36. The molecule has 0 fully saturated rings. The molecule has 0 amide bonds. The first-order valence-electron chi connectivity index (χ1n) is 6.78. The summed E-state index contributed by atoms with van der Waals surface area (Å²) in [6, 6.07) is 7.96. The number of hydrogen-bond acceptors (Lipinski definition) is 2. The van der Waals surface area contributed by atoms with Gasteiger partial charge in [0.05, 0.1) is 5.66 Å². The molecule has 1 aromatic carbocycles. The van der Waals surface area contributed by atoms with Crippen LogP contribution in [0.5, 0.6) is 0 Å². The van der Waals surface area contributed by atoms with E-state index in [1.807, 2.05) is 18.2 Å². The molecule has 0 bridgehead atoms. The van der Waals surface area contributed by atoms with Crippen molar-refractivity contribution in [3.8, 4) is 0 Å². The average Bonchev–Trinajstić information content (AvgIpc) is 2.32. The average molecular weight is 269 g/mol.